The predicted octanol–water partition coefficient (Wildman–Crippen LogP) is 4.29. The molecule has 0 fully saturated rings. The summed E-state index contributed by atoms with van der Waals surface area (Å²) < 4.78 is 6.20. The number of hydrogen-bond donors (Lipinski definition) is 2. The molecule has 138 valence electrons. The Hall–Kier alpha value is -0.630. The second-order valence-corrected chi connectivity index (χ2v) is 8.58. The van der Waals surface area contributed by atoms with Gasteiger partial charge in [0, 0.05) is 30.4 Å². The van der Waals surface area contributed by atoms with Gasteiger partial charge in [0.05, 0.1) is 0 Å². The number of nitrogens with one attached hydrogen (secondary N) is 2. The third-order valence-electron chi connectivity index (χ3n) is 3.29. The van der Waals surface area contributed by atoms with Crippen LogP contribution >= 0.6 is 35.7 Å². The Morgan fingerprint density at radius 3 is 2.29 bits per heavy atom. The number of halogens is 1. The lowest BCUT2D eigenvalue weighted by Crippen LogP contribution is -2.43. The van der Waals surface area contributed by atoms with Crippen LogP contribution in [0, 0.1) is 0 Å². The summed E-state index contributed by atoms with van der Waals surface area (Å²) in [7, 11) is 1.79. The summed E-state index contributed by atoms with van der Waals surface area (Å²) in [5, 5.41) is 6.73. The molecule has 0 heterocycles. The van der Waals surface area contributed by atoms with E-state index in [2.05, 4.69) is 62.6 Å². The monoisotopic (exact) mass is 465 g/mol. The first-order valence-corrected chi connectivity index (χ1v) is 9.16. The Bertz CT molecular complexity index is 527. The average Bonchev–Trinajstić information content (AvgIpc) is 2.47. The van der Waals surface area contributed by atoms with Gasteiger partial charge in [-0.3, -0.25) is 4.99 Å². The number of ether oxygens (including phenoxy) is 1. The summed E-state index contributed by atoms with van der Waals surface area (Å²) >= 11 is 1.84. The standard InChI is InChI=1S/C18H31N3OS.HI/c1-17(2,3)22-15-11-9-8-10-14(15)12-20-16(19-6)21-13-18(4,5)23-7;/h8-11H,12-13H2,1-7H3,(H2,19,20,21);1H. The van der Waals surface area contributed by atoms with Crippen molar-refractivity contribution in [2.45, 2.75) is 51.5 Å². The zero-order chi connectivity index (χ0) is 17.5. The van der Waals surface area contributed by atoms with Crippen LogP contribution in [-0.2, 0) is 6.54 Å². The molecule has 2 N–H and O–H groups in total. The van der Waals surface area contributed by atoms with Crippen molar-refractivity contribution >= 4 is 41.7 Å². The minimum Gasteiger partial charge on any atom is -0.488 e. The summed E-state index contributed by atoms with van der Waals surface area (Å²) in [5.41, 5.74) is 0.910. The Morgan fingerprint density at radius 2 is 1.75 bits per heavy atom. The van der Waals surface area contributed by atoms with E-state index in [1.807, 2.05) is 30.0 Å². The predicted molar refractivity (Wildman–Crippen MR) is 118 cm³/mol. The van der Waals surface area contributed by atoms with Crippen LogP contribution in [0.5, 0.6) is 5.75 Å². The van der Waals surface area contributed by atoms with Crippen molar-refractivity contribution in [1.29, 1.82) is 0 Å². The molecule has 0 aromatic heterocycles. The van der Waals surface area contributed by atoms with Gasteiger partial charge in [0.25, 0.3) is 0 Å². The molecule has 0 aliphatic rings. The van der Waals surface area contributed by atoms with Gasteiger partial charge in [0.2, 0.25) is 0 Å². The normalized spacial score (nSPS) is 12.4. The number of para-hydroxylation sites is 1. The van der Waals surface area contributed by atoms with E-state index in [0.29, 0.717) is 6.54 Å². The first-order valence-electron chi connectivity index (χ1n) is 7.93. The molecule has 0 saturated heterocycles. The molecule has 0 bridgehead atoms. The smallest absolute Gasteiger partial charge is 0.191 e. The van der Waals surface area contributed by atoms with E-state index in [1.165, 1.54) is 0 Å². The van der Waals surface area contributed by atoms with Crippen LogP contribution in [0.25, 0.3) is 0 Å². The van der Waals surface area contributed by atoms with Gasteiger partial charge < -0.3 is 15.4 Å². The molecule has 0 unspecified atom stereocenters. The molecule has 1 rings (SSSR count). The Morgan fingerprint density at radius 1 is 1.12 bits per heavy atom. The van der Waals surface area contributed by atoms with Gasteiger partial charge in [-0.15, -0.1) is 24.0 Å². The highest BCUT2D eigenvalue weighted by atomic mass is 127. The van der Waals surface area contributed by atoms with Crippen molar-refractivity contribution in [3.63, 3.8) is 0 Å². The number of guanidine groups is 1. The fourth-order valence-electron chi connectivity index (χ4n) is 1.85. The van der Waals surface area contributed by atoms with Gasteiger partial charge >= 0.3 is 0 Å². The maximum atomic E-state index is 6.03. The summed E-state index contributed by atoms with van der Waals surface area (Å²) in [6.45, 7) is 12.1. The highest BCUT2D eigenvalue weighted by Gasteiger charge is 2.17. The molecule has 6 heteroatoms. The topological polar surface area (TPSA) is 45.7 Å². The molecular formula is C18H32IN3OS. The Labute approximate surface area is 168 Å². The van der Waals surface area contributed by atoms with Crippen molar-refractivity contribution in [1.82, 2.24) is 10.6 Å². The SMILES string of the molecule is CN=C(NCc1ccccc1OC(C)(C)C)NCC(C)(C)SC.I. The third kappa shape index (κ3) is 9.01. The lowest BCUT2D eigenvalue weighted by Gasteiger charge is -2.25. The van der Waals surface area contributed by atoms with Crippen LogP contribution in [0.15, 0.2) is 29.3 Å². The van der Waals surface area contributed by atoms with Gasteiger partial charge in [-0.25, -0.2) is 0 Å². The zero-order valence-corrected chi connectivity index (χ0v) is 19.0. The quantitative estimate of drug-likeness (QED) is 0.374. The van der Waals surface area contributed by atoms with Gasteiger partial charge in [-0.2, -0.15) is 11.8 Å². The lowest BCUT2D eigenvalue weighted by molar-refractivity contribution is 0.129. The van der Waals surface area contributed by atoms with E-state index in [0.717, 1.165) is 23.8 Å². The highest BCUT2D eigenvalue weighted by Crippen LogP contribution is 2.23. The van der Waals surface area contributed by atoms with E-state index < -0.39 is 0 Å². The molecule has 0 atom stereocenters. The van der Waals surface area contributed by atoms with Crippen molar-refractivity contribution in [2.75, 3.05) is 19.8 Å². The minimum atomic E-state index is -0.210. The zero-order valence-electron chi connectivity index (χ0n) is 15.9. The van der Waals surface area contributed by atoms with Crippen molar-refractivity contribution in [3.8, 4) is 5.75 Å². The first-order chi connectivity index (χ1) is 10.7. The van der Waals surface area contributed by atoms with E-state index in [4.69, 9.17) is 4.74 Å². The molecule has 24 heavy (non-hydrogen) atoms. The van der Waals surface area contributed by atoms with Crippen LogP contribution < -0.4 is 15.4 Å². The van der Waals surface area contributed by atoms with Crippen molar-refractivity contribution in [3.05, 3.63) is 29.8 Å². The Kier molecular flexibility index (Phi) is 10.1. The molecule has 0 spiro atoms. The molecule has 1 aromatic rings. The maximum absolute atomic E-state index is 6.03. The summed E-state index contributed by atoms with van der Waals surface area (Å²) in [5.74, 6) is 1.71. The first kappa shape index (κ1) is 23.4. The number of rotatable bonds is 6. The molecule has 0 saturated carbocycles. The fraction of sp³-hybridized carbons (Fsp3) is 0.611. The fourth-order valence-corrected chi connectivity index (χ4v) is 2.06. The van der Waals surface area contributed by atoms with Gasteiger partial charge in [0.1, 0.15) is 11.4 Å². The lowest BCUT2D eigenvalue weighted by atomic mass is 10.1. The largest absolute Gasteiger partial charge is 0.488 e. The van der Waals surface area contributed by atoms with Crippen LogP contribution in [0.1, 0.15) is 40.2 Å². The van der Waals surface area contributed by atoms with E-state index in [-0.39, 0.29) is 34.3 Å². The number of thioether (sulfide) groups is 1. The van der Waals surface area contributed by atoms with Gasteiger partial charge in [-0.1, -0.05) is 18.2 Å². The molecular weight excluding hydrogens is 433 g/mol. The Balaban J connectivity index is 0.00000529. The molecule has 0 amide bonds. The van der Waals surface area contributed by atoms with E-state index in [1.54, 1.807) is 7.05 Å². The van der Waals surface area contributed by atoms with E-state index >= 15 is 0 Å². The number of aliphatic imine (C=N–C) groups is 1. The molecule has 1 aromatic carbocycles. The van der Waals surface area contributed by atoms with Crippen LogP contribution in [-0.4, -0.2) is 36.2 Å². The van der Waals surface area contributed by atoms with Crippen LogP contribution in [0.3, 0.4) is 0 Å². The average molecular weight is 465 g/mol. The second kappa shape index (κ2) is 10.4. The minimum absolute atomic E-state index is 0. The third-order valence-corrected chi connectivity index (χ3v) is 4.54. The summed E-state index contributed by atoms with van der Waals surface area (Å²) in [6, 6.07) is 8.11. The maximum Gasteiger partial charge on any atom is 0.191 e. The van der Waals surface area contributed by atoms with Crippen molar-refractivity contribution < 1.29 is 4.74 Å². The van der Waals surface area contributed by atoms with Gasteiger partial charge in [0.15, 0.2) is 5.96 Å². The van der Waals surface area contributed by atoms with Crippen LogP contribution in [0.2, 0.25) is 0 Å². The van der Waals surface area contributed by atoms with Gasteiger partial charge in [-0.05, 0) is 46.9 Å². The summed E-state index contributed by atoms with van der Waals surface area (Å²) in [4.78, 5) is 4.29. The van der Waals surface area contributed by atoms with E-state index in [9.17, 15) is 0 Å². The molecule has 4 nitrogen and oxygen atoms in total. The summed E-state index contributed by atoms with van der Waals surface area (Å²) in [6.07, 6.45) is 2.12. The molecule has 0 radical (unpaired) electrons. The molecule has 0 aliphatic carbocycles. The highest BCUT2D eigenvalue weighted by molar-refractivity contribution is 14.0. The molecule has 0 aliphatic heterocycles. The number of nitrogens with zero attached hydrogens (tertiary/aromatic N) is 1. The van der Waals surface area contributed by atoms with Crippen LogP contribution in [0.4, 0.5) is 0 Å². The van der Waals surface area contributed by atoms with Crippen molar-refractivity contribution in [2.24, 2.45) is 4.99 Å². The second-order valence-electron chi connectivity index (χ2n) is 7.07. The number of benzene rings is 1. The number of hydrogen-bond acceptors (Lipinski definition) is 3.